The van der Waals surface area contributed by atoms with Gasteiger partial charge in [-0.2, -0.15) is 0 Å². The number of rotatable bonds is 15. The first-order valence-electron chi connectivity index (χ1n) is 9.24. The van der Waals surface area contributed by atoms with Crippen molar-refractivity contribution in [3.8, 4) is 0 Å². The molecule has 0 aromatic heterocycles. The van der Waals surface area contributed by atoms with Gasteiger partial charge in [0.2, 0.25) is 0 Å². The van der Waals surface area contributed by atoms with Crippen molar-refractivity contribution in [2.45, 2.75) is 101 Å². The van der Waals surface area contributed by atoms with Crippen LogP contribution >= 0.6 is 15.9 Å². The maximum absolute atomic E-state index is 10.5. The number of alkyl halides is 1. The molecule has 1 nitrogen and oxygen atoms in total. The van der Waals surface area contributed by atoms with Gasteiger partial charge in [-0.15, -0.1) is 0 Å². The topological polar surface area (TPSA) is 17.1 Å². The van der Waals surface area contributed by atoms with Crippen LogP contribution in [0.3, 0.4) is 0 Å². The summed E-state index contributed by atoms with van der Waals surface area (Å²) in [6.45, 7) is 7.01. The van der Waals surface area contributed by atoms with Gasteiger partial charge < -0.3 is 0 Å². The summed E-state index contributed by atoms with van der Waals surface area (Å²) in [5, 5.41) is 0. The predicted octanol–water partition coefficient (Wildman–Crippen LogP) is 6.90. The van der Waals surface area contributed by atoms with E-state index < -0.39 is 18.4 Å². The Morgan fingerprint density at radius 2 is 1.33 bits per heavy atom. The molecule has 3 heteroatoms. The van der Waals surface area contributed by atoms with Crippen molar-refractivity contribution < 1.29 is 4.79 Å². The number of carbonyl (C=O) groups excluding carboxylic acids is 1. The standard InChI is InChI=1S/C6H10BrO.3C4H9.Sn/c7-5-3-1-2-4-6-8;3*1-3-4-2;/h5-6H,1-4H2;3*1,3-4H2,2H3;. The van der Waals surface area contributed by atoms with Crippen molar-refractivity contribution in [1.29, 1.82) is 0 Å². The molecule has 0 aliphatic carbocycles. The first-order chi connectivity index (χ1) is 10.2. The monoisotopic (exact) mass is 468 g/mol. The van der Waals surface area contributed by atoms with Gasteiger partial charge in [0, 0.05) is 0 Å². The van der Waals surface area contributed by atoms with Gasteiger partial charge in [0.25, 0.3) is 0 Å². The third kappa shape index (κ3) is 9.63. The summed E-state index contributed by atoms with van der Waals surface area (Å²) in [5.74, 6) is 0. The number of carbonyl (C=O) groups is 1. The Bertz CT molecular complexity index is 224. The predicted molar refractivity (Wildman–Crippen MR) is 102 cm³/mol. The van der Waals surface area contributed by atoms with Crippen molar-refractivity contribution >= 4 is 40.6 Å². The Balaban J connectivity index is 4.69. The van der Waals surface area contributed by atoms with E-state index in [-0.39, 0.29) is 0 Å². The zero-order valence-electron chi connectivity index (χ0n) is 14.6. The van der Waals surface area contributed by atoms with Crippen LogP contribution in [0.4, 0.5) is 0 Å². The Morgan fingerprint density at radius 3 is 1.71 bits per heavy atom. The third-order valence-electron chi connectivity index (χ3n) is 4.78. The first kappa shape index (κ1) is 21.9. The van der Waals surface area contributed by atoms with E-state index >= 15 is 0 Å². The van der Waals surface area contributed by atoms with Crippen LogP contribution in [0.5, 0.6) is 0 Å². The number of hydrogen-bond acceptors (Lipinski definition) is 1. The summed E-state index contributed by atoms with van der Waals surface area (Å²) >= 11 is 2.09. The van der Waals surface area contributed by atoms with Crippen molar-refractivity contribution in [2.24, 2.45) is 0 Å². The molecule has 0 amide bonds. The number of unbranched alkanes of at least 4 members (excludes halogenated alkanes) is 5. The Labute approximate surface area is 146 Å². The van der Waals surface area contributed by atoms with E-state index in [0.717, 1.165) is 22.0 Å². The van der Waals surface area contributed by atoms with Crippen LogP contribution in [0.2, 0.25) is 13.3 Å². The molecule has 1 unspecified atom stereocenters. The van der Waals surface area contributed by atoms with Crippen LogP contribution in [0.25, 0.3) is 0 Å². The van der Waals surface area contributed by atoms with Gasteiger partial charge in [0.05, 0.1) is 0 Å². The second kappa shape index (κ2) is 14.5. The first-order valence-corrected chi connectivity index (χ1v) is 17.9. The van der Waals surface area contributed by atoms with Gasteiger partial charge in [-0.25, -0.2) is 0 Å². The molecule has 0 fully saturated rings. The molecule has 0 bridgehead atoms. The quantitative estimate of drug-likeness (QED) is 0.111. The fraction of sp³-hybridized carbons (Fsp3) is 0.944. The molecule has 21 heavy (non-hydrogen) atoms. The summed E-state index contributed by atoms with van der Waals surface area (Å²) in [6.07, 6.45) is 13.8. The summed E-state index contributed by atoms with van der Waals surface area (Å²) in [6, 6.07) is 0. The van der Waals surface area contributed by atoms with Crippen LogP contribution in [0.1, 0.15) is 85.0 Å². The van der Waals surface area contributed by atoms with Crippen molar-refractivity contribution in [3.05, 3.63) is 0 Å². The Morgan fingerprint density at radius 1 is 0.857 bits per heavy atom. The van der Waals surface area contributed by atoms with Crippen molar-refractivity contribution in [1.82, 2.24) is 0 Å². The molecule has 0 saturated carbocycles. The van der Waals surface area contributed by atoms with Crippen molar-refractivity contribution in [2.75, 3.05) is 0 Å². The van der Waals surface area contributed by atoms with E-state index in [0.29, 0.717) is 0 Å². The molecule has 0 spiro atoms. The second-order valence-corrected chi connectivity index (χ2v) is 24.2. The molecule has 0 N–H and O–H groups in total. The fourth-order valence-corrected chi connectivity index (χ4v) is 24.4. The normalized spacial score (nSPS) is 13.3. The average molecular weight is 468 g/mol. The van der Waals surface area contributed by atoms with Gasteiger partial charge in [-0.3, -0.25) is 0 Å². The van der Waals surface area contributed by atoms with E-state index in [9.17, 15) is 4.79 Å². The number of halogens is 1. The van der Waals surface area contributed by atoms with Gasteiger partial charge in [0.1, 0.15) is 0 Å². The van der Waals surface area contributed by atoms with Crippen LogP contribution in [-0.2, 0) is 4.79 Å². The SMILES string of the molecule is CCC[CH2][Sn]([CH2]CCC)([CH2]CCC)[CH](Br)CCCCC=O. The molecular weight excluding hydrogens is 431 g/mol. The van der Waals surface area contributed by atoms with Gasteiger partial charge in [-0.05, 0) is 0 Å². The third-order valence-corrected chi connectivity index (χ3v) is 27.9. The molecule has 1 atom stereocenters. The summed E-state index contributed by atoms with van der Waals surface area (Å²) in [4.78, 5) is 10.5. The van der Waals surface area contributed by atoms with E-state index in [2.05, 4.69) is 36.7 Å². The number of hydrogen-bond donors (Lipinski definition) is 0. The molecule has 0 aromatic rings. The molecule has 0 heterocycles. The van der Waals surface area contributed by atoms with Crippen LogP contribution in [0, 0.1) is 0 Å². The van der Waals surface area contributed by atoms with Gasteiger partial charge in [-0.1, -0.05) is 0 Å². The average Bonchev–Trinajstić information content (AvgIpc) is 2.51. The van der Waals surface area contributed by atoms with Crippen molar-refractivity contribution in [3.63, 3.8) is 0 Å². The minimum atomic E-state index is -2.06. The van der Waals surface area contributed by atoms with Crippen LogP contribution < -0.4 is 0 Å². The van der Waals surface area contributed by atoms with Crippen LogP contribution in [0.15, 0.2) is 0 Å². The van der Waals surface area contributed by atoms with E-state index in [1.54, 1.807) is 13.3 Å². The van der Waals surface area contributed by atoms with E-state index in [1.165, 1.54) is 51.4 Å². The summed E-state index contributed by atoms with van der Waals surface area (Å²) in [7, 11) is 0. The number of aldehydes is 1. The Hall–Kier alpha value is 0.949. The fourth-order valence-electron chi connectivity index (χ4n) is 3.29. The second-order valence-electron chi connectivity index (χ2n) is 6.59. The minimum absolute atomic E-state index is 0.751. The molecule has 0 rings (SSSR count). The van der Waals surface area contributed by atoms with E-state index in [1.807, 2.05) is 0 Å². The molecule has 0 aliphatic heterocycles. The maximum atomic E-state index is 10.5. The van der Waals surface area contributed by atoms with Gasteiger partial charge in [0.15, 0.2) is 0 Å². The van der Waals surface area contributed by atoms with Gasteiger partial charge >= 0.3 is 147 Å². The molecule has 0 aromatic carbocycles. The Kier molecular flexibility index (Phi) is 15.2. The van der Waals surface area contributed by atoms with E-state index in [4.69, 9.17) is 0 Å². The van der Waals surface area contributed by atoms with Crippen LogP contribution in [-0.4, -0.2) is 27.5 Å². The summed E-state index contributed by atoms with van der Waals surface area (Å²) < 4.78 is 5.57. The molecule has 0 aliphatic rings. The zero-order valence-corrected chi connectivity index (χ0v) is 19.1. The molecule has 0 saturated heterocycles. The zero-order chi connectivity index (χ0) is 16.0. The molecular formula is C18H37BrOSn. The molecule has 0 radical (unpaired) electrons. The summed E-state index contributed by atoms with van der Waals surface area (Å²) in [5.41, 5.74) is 0. The molecule has 126 valence electrons.